The molecule has 0 saturated heterocycles. The second-order valence-corrected chi connectivity index (χ2v) is 5.06. The normalized spacial score (nSPS) is 12.4. The van der Waals surface area contributed by atoms with E-state index in [9.17, 15) is 0 Å². The summed E-state index contributed by atoms with van der Waals surface area (Å²) in [6, 6.07) is 8.16. The number of aryl methyl sites for hydroxylation is 1. The minimum absolute atomic E-state index is 0.0205. The fourth-order valence-corrected chi connectivity index (χ4v) is 2.14. The fourth-order valence-electron chi connectivity index (χ4n) is 1.95. The number of nitrogens with one attached hydrogen (secondary N) is 1. The molecule has 1 atom stereocenters. The van der Waals surface area contributed by atoms with Crippen molar-refractivity contribution in [2.24, 2.45) is 7.05 Å². The van der Waals surface area contributed by atoms with Gasteiger partial charge in [0.05, 0.1) is 11.6 Å². The number of alkyl halides is 1. The molecule has 0 aliphatic carbocycles. The molecule has 1 aromatic carbocycles. The number of rotatable bonds is 5. The van der Waals surface area contributed by atoms with Gasteiger partial charge in [-0.1, -0.05) is 18.2 Å². The second-order valence-electron chi connectivity index (χ2n) is 4.40. The van der Waals surface area contributed by atoms with Gasteiger partial charge in [-0.3, -0.25) is 4.68 Å². The number of hydrogen-bond donors (Lipinski definition) is 1. The Labute approximate surface area is 113 Å². The zero-order valence-corrected chi connectivity index (χ0v) is 11.5. The van der Waals surface area contributed by atoms with Crippen LogP contribution in [0.1, 0.15) is 23.4 Å². The highest BCUT2D eigenvalue weighted by atomic mass is 35.5. The van der Waals surface area contributed by atoms with E-state index in [1.807, 2.05) is 43.2 Å². The van der Waals surface area contributed by atoms with Crippen molar-refractivity contribution in [2.45, 2.75) is 18.7 Å². The van der Waals surface area contributed by atoms with Crippen molar-refractivity contribution >= 4 is 17.3 Å². The van der Waals surface area contributed by atoms with Gasteiger partial charge in [-0.05, 0) is 30.5 Å². The third-order valence-electron chi connectivity index (χ3n) is 2.88. The molecule has 96 valence electrons. The molecule has 0 saturated carbocycles. The molecule has 0 amide bonds. The van der Waals surface area contributed by atoms with Gasteiger partial charge in [0.15, 0.2) is 0 Å². The lowest BCUT2D eigenvalue weighted by molar-refractivity contribution is 0.767. The third-order valence-corrected chi connectivity index (χ3v) is 3.11. The van der Waals surface area contributed by atoms with Crippen LogP contribution in [0.25, 0.3) is 0 Å². The van der Waals surface area contributed by atoms with Gasteiger partial charge in [0, 0.05) is 25.5 Å². The van der Waals surface area contributed by atoms with Crippen LogP contribution in [0.15, 0.2) is 36.7 Å². The van der Waals surface area contributed by atoms with Crippen molar-refractivity contribution in [2.75, 3.05) is 11.9 Å². The number of anilines is 1. The van der Waals surface area contributed by atoms with E-state index in [0.29, 0.717) is 0 Å². The molecule has 4 heteroatoms. The topological polar surface area (TPSA) is 29.9 Å². The van der Waals surface area contributed by atoms with Crippen molar-refractivity contribution < 1.29 is 0 Å². The first-order chi connectivity index (χ1) is 8.66. The van der Waals surface area contributed by atoms with Crippen LogP contribution in [0.2, 0.25) is 0 Å². The van der Waals surface area contributed by atoms with Crippen molar-refractivity contribution in [1.82, 2.24) is 9.78 Å². The van der Waals surface area contributed by atoms with Crippen molar-refractivity contribution in [1.29, 1.82) is 0 Å². The number of para-hydroxylation sites is 1. The average molecular weight is 264 g/mol. The molecule has 0 spiro atoms. The maximum atomic E-state index is 6.15. The van der Waals surface area contributed by atoms with E-state index in [1.165, 1.54) is 5.56 Å². The first-order valence-electron chi connectivity index (χ1n) is 6.11. The first-order valence-corrected chi connectivity index (χ1v) is 6.55. The van der Waals surface area contributed by atoms with E-state index < -0.39 is 0 Å². The van der Waals surface area contributed by atoms with Crippen LogP contribution in [0.4, 0.5) is 5.69 Å². The van der Waals surface area contributed by atoms with Crippen LogP contribution in [0, 0.1) is 0 Å². The van der Waals surface area contributed by atoms with Gasteiger partial charge in [0.25, 0.3) is 0 Å². The van der Waals surface area contributed by atoms with Crippen molar-refractivity contribution in [3.63, 3.8) is 0 Å². The van der Waals surface area contributed by atoms with Gasteiger partial charge in [-0.15, -0.1) is 11.6 Å². The Balaban J connectivity index is 1.94. The third kappa shape index (κ3) is 3.26. The Hall–Kier alpha value is -1.48. The molecular weight excluding hydrogens is 246 g/mol. The molecule has 0 fully saturated rings. The summed E-state index contributed by atoms with van der Waals surface area (Å²) in [4.78, 5) is 0. The summed E-state index contributed by atoms with van der Waals surface area (Å²) in [5.74, 6) is 0. The second kappa shape index (κ2) is 5.91. The predicted molar refractivity (Wildman–Crippen MR) is 76.1 cm³/mol. The minimum Gasteiger partial charge on any atom is -0.384 e. The van der Waals surface area contributed by atoms with Gasteiger partial charge in [0.1, 0.15) is 0 Å². The van der Waals surface area contributed by atoms with Crippen LogP contribution in [-0.2, 0) is 13.5 Å². The van der Waals surface area contributed by atoms with Crippen LogP contribution >= 0.6 is 11.6 Å². The summed E-state index contributed by atoms with van der Waals surface area (Å²) in [6.07, 6.45) is 4.90. The highest BCUT2D eigenvalue weighted by Gasteiger charge is 2.06. The number of nitrogens with zero attached hydrogens (tertiary/aromatic N) is 2. The zero-order chi connectivity index (χ0) is 13.0. The fraction of sp³-hybridized carbons (Fsp3) is 0.357. The largest absolute Gasteiger partial charge is 0.384 e. The molecule has 3 nitrogen and oxygen atoms in total. The van der Waals surface area contributed by atoms with E-state index in [4.69, 9.17) is 11.6 Å². The highest BCUT2D eigenvalue weighted by molar-refractivity contribution is 6.21. The Morgan fingerprint density at radius 1 is 1.39 bits per heavy atom. The monoisotopic (exact) mass is 263 g/mol. The first kappa shape index (κ1) is 13.0. The smallest absolute Gasteiger partial charge is 0.0577 e. The number of aromatic nitrogens is 2. The zero-order valence-electron chi connectivity index (χ0n) is 10.7. The van der Waals surface area contributed by atoms with Gasteiger partial charge in [0.2, 0.25) is 0 Å². The highest BCUT2D eigenvalue weighted by Crippen LogP contribution is 2.26. The lowest BCUT2D eigenvalue weighted by Crippen LogP contribution is -2.06. The summed E-state index contributed by atoms with van der Waals surface area (Å²) in [7, 11) is 1.93. The van der Waals surface area contributed by atoms with E-state index in [0.717, 1.165) is 24.2 Å². The molecule has 2 rings (SSSR count). The van der Waals surface area contributed by atoms with E-state index in [1.54, 1.807) is 0 Å². The Kier molecular flexibility index (Phi) is 4.26. The molecule has 0 radical (unpaired) electrons. The van der Waals surface area contributed by atoms with Crippen LogP contribution in [-0.4, -0.2) is 16.3 Å². The molecule has 1 heterocycles. The number of benzene rings is 1. The maximum absolute atomic E-state index is 6.15. The van der Waals surface area contributed by atoms with E-state index >= 15 is 0 Å². The molecule has 2 aromatic rings. The SMILES string of the molecule is CC(Cl)c1ccccc1NCCc1cnn(C)c1. The summed E-state index contributed by atoms with van der Waals surface area (Å²) in [5.41, 5.74) is 3.50. The molecule has 0 bridgehead atoms. The molecule has 18 heavy (non-hydrogen) atoms. The standard InChI is InChI=1S/C14H18ClN3/c1-11(15)13-5-3-4-6-14(13)16-8-7-12-9-17-18(2)10-12/h3-6,9-11,16H,7-8H2,1-2H3. The van der Waals surface area contributed by atoms with Crippen LogP contribution in [0.5, 0.6) is 0 Å². The molecule has 1 aromatic heterocycles. The average Bonchev–Trinajstić information content (AvgIpc) is 2.75. The quantitative estimate of drug-likeness (QED) is 0.839. The van der Waals surface area contributed by atoms with Crippen LogP contribution in [0.3, 0.4) is 0 Å². The van der Waals surface area contributed by atoms with Crippen molar-refractivity contribution in [3.8, 4) is 0 Å². The minimum atomic E-state index is 0.0205. The lowest BCUT2D eigenvalue weighted by Gasteiger charge is -2.12. The summed E-state index contributed by atoms with van der Waals surface area (Å²) < 4.78 is 1.82. The molecule has 0 aliphatic heterocycles. The van der Waals surface area contributed by atoms with E-state index in [-0.39, 0.29) is 5.38 Å². The van der Waals surface area contributed by atoms with Gasteiger partial charge < -0.3 is 5.32 Å². The van der Waals surface area contributed by atoms with Gasteiger partial charge in [-0.2, -0.15) is 5.10 Å². The molecule has 1 N–H and O–H groups in total. The summed E-state index contributed by atoms with van der Waals surface area (Å²) in [6.45, 7) is 2.87. The maximum Gasteiger partial charge on any atom is 0.0577 e. The Bertz CT molecular complexity index is 505. The molecule has 1 unspecified atom stereocenters. The summed E-state index contributed by atoms with van der Waals surface area (Å²) >= 11 is 6.15. The van der Waals surface area contributed by atoms with Gasteiger partial charge >= 0.3 is 0 Å². The van der Waals surface area contributed by atoms with E-state index in [2.05, 4.69) is 22.5 Å². The summed E-state index contributed by atoms with van der Waals surface area (Å²) in [5, 5.41) is 7.61. The van der Waals surface area contributed by atoms with Gasteiger partial charge in [-0.25, -0.2) is 0 Å². The molecular formula is C14H18ClN3. The number of hydrogen-bond acceptors (Lipinski definition) is 2. The van der Waals surface area contributed by atoms with Crippen LogP contribution < -0.4 is 5.32 Å². The lowest BCUT2D eigenvalue weighted by atomic mass is 10.1. The van der Waals surface area contributed by atoms with Crippen molar-refractivity contribution in [3.05, 3.63) is 47.8 Å². The number of halogens is 1. The Morgan fingerprint density at radius 3 is 2.83 bits per heavy atom. The molecule has 0 aliphatic rings. The predicted octanol–water partition coefficient (Wildman–Crippen LogP) is 3.37. The Morgan fingerprint density at radius 2 is 2.17 bits per heavy atom.